The molecule has 0 radical (unpaired) electrons. The van der Waals surface area contributed by atoms with Gasteiger partial charge in [0, 0.05) is 19.0 Å². The molecule has 2 N–H and O–H groups in total. The van der Waals surface area contributed by atoms with Gasteiger partial charge in [0.25, 0.3) is 5.91 Å². The minimum absolute atomic E-state index is 0.0507. The Labute approximate surface area is 183 Å². The maximum atomic E-state index is 13.8. The van der Waals surface area contributed by atoms with Crippen LogP contribution in [0.5, 0.6) is 5.75 Å². The van der Waals surface area contributed by atoms with Gasteiger partial charge in [-0.05, 0) is 29.7 Å². The van der Waals surface area contributed by atoms with Crippen LogP contribution in [0.15, 0.2) is 60.7 Å². The van der Waals surface area contributed by atoms with Crippen molar-refractivity contribution < 1.29 is 22.7 Å². The molecular formula is C23H23F3N4O2. The number of fused-ring (bicyclic) bond motifs is 1. The van der Waals surface area contributed by atoms with Gasteiger partial charge in [-0.2, -0.15) is 18.3 Å². The number of methoxy groups -OCH3 is 1. The zero-order chi connectivity index (χ0) is 22.7. The lowest BCUT2D eigenvalue weighted by Crippen LogP contribution is -2.35. The van der Waals surface area contributed by atoms with Crippen LogP contribution in [0.4, 0.5) is 19.0 Å². The van der Waals surface area contributed by atoms with Crippen LogP contribution >= 0.6 is 0 Å². The van der Waals surface area contributed by atoms with E-state index in [1.165, 1.54) is 13.2 Å². The topological polar surface area (TPSA) is 68.2 Å². The van der Waals surface area contributed by atoms with Crippen molar-refractivity contribution in [2.45, 2.75) is 31.1 Å². The van der Waals surface area contributed by atoms with Gasteiger partial charge in [-0.15, -0.1) is 0 Å². The Balaban J connectivity index is 1.51. The molecule has 0 bridgehead atoms. The van der Waals surface area contributed by atoms with Gasteiger partial charge in [-0.1, -0.05) is 42.5 Å². The average molecular weight is 444 g/mol. The number of benzene rings is 2. The maximum absolute atomic E-state index is 13.8. The molecule has 0 fully saturated rings. The summed E-state index contributed by atoms with van der Waals surface area (Å²) in [5, 5.41) is 9.80. The number of nitrogens with zero attached hydrogens (tertiary/aromatic N) is 2. The summed E-state index contributed by atoms with van der Waals surface area (Å²) in [5.74, 6) is 0.274. The molecule has 0 saturated carbocycles. The zero-order valence-electron chi connectivity index (χ0n) is 17.4. The Kier molecular flexibility index (Phi) is 6.07. The number of amides is 1. The fraction of sp³-hybridized carbons (Fsp3) is 0.304. The Morgan fingerprint density at radius 2 is 1.91 bits per heavy atom. The van der Waals surface area contributed by atoms with Crippen LogP contribution < -0.4 is 15.4 Å². The largest absolute Gasteiger partial charge is 0.497 e. The van der Waals surface area contributed by atoms with Gasteiger partial charge in [0.05, 0.1) is 13.2 Å². The molecule has 9 heteroatoms. The van der Waals surface area contributed by atoms with Crippen LogP contribution in [-0.4, -0.2) is 35.5 Å². The van der Waals surface area contributed by atoms with Gasteiger partial charge in [0.1, 0.15) is 11.6 Å². The summed E-state index contributed by atoms with van der Waals surface area (Å²) in [5.41, 5.74) is 1.70. The molecule has 1 aliphatic heterocycles. The number of halogens is 3. The van der Waals surface area contributed by atoms with Crippen molar-refractivity contribution in [3.63, 3.8) is 0 Å². The number of nitrogens with one attached hydrogen (secondary N) is 2. The fourth-order valence-corrected chi connectivity index (χ4v) is 3.79. The van der Waals surface area contributed by atoms with E-state index in [-0.39, 0.29) is 17.9 Å². The SMILES string of the molecule is COc1ccc([C@H]2C[C@@H](C(F)(F)F)n3nc(C(=O)NCCc4ccccc4)cc3N2)cc1. The normalized spacial score (nSPS) is 17.9. The lowest BCUT2D eigenvalue weighted by molar-refractivity contribution is -0.173. The quantitative estimate of drug-likeness (QED) is 0.587. The van der Waals surface area contributed by atoms with Gasteiger partial charge in [0.15, 0.2) is 11.7 Å². The number of carbonyl (C=O) groups is 1. The van der Waals surface area contributed by atoms with E-state index in [1.54, 1.807) is 24.3 Å². The summed E-state index contributed by atoms with van der Waals surface area (Å²) < 4.78 is 47.4. The number of ether oxygens (including phenoxy) is 1. The van der Waals surface area contributed by atoms with Gasteiger partial charge < -0.3 is 15.4 Å². The monoisotopic (exact) mass is 444 g/mol. The standard InChI is InChI=1S/C23H23F3N4O2/c1-32-17-9-7-16(8-10-17)18-13-20(23(24,25)26)30-21(28-18)14-19(29-30)22(31)27-12-11-15-5-3-2-4-6-15/h2-10,14,18,20,28H,11-13H2,1H3,(H,27,31)/t18-,20+/m1/s1. The molecule has 0 unspecified atom stereocenters. The van der Waals surface area contributed by atoms with E-state index >= 15 is 0 Å². The third-order valence-corrected chi connectivity index (χ3v) is 5.48. The lowest BCUT2D eigenvalue weighted by atomic mass is 9.97. The molecule has 2 aromatic carbocycles. The van der Waals surface area contributed by atoms with E-state index in [9.17, 15) is 18.0 Å². The Bertz CT molecular complexity index is 1070. The molecule has 1 aromatic heterocycles. The molecule has 1 aliphatic rings. The second-order valence-electron chi connectivity index (χ2n) is 7.61. The highest BCUT2D eigenvalue weighted by Crippen LogP contribution is 2.43. The van der Waals surface area contributed by atoms with E-state index in [2.05, 4.69) is 15.7 Å². The van der Waals surface area contributed by atoms with Gasteiger partial charge in [0.2, 0.25) is 0 Å². The van der Waals surface area contributed by atoms with Crippen molar-refractivity contribution in [2.24, 2.45) is 0 Å². The summed E-state index contributed by atoms with van der Waals surface area (Å²) in [6.45, 7) is 0.357. The van der Waals surface area contributed by atoms with Crippen molar-refractivity contribution in [1.29, 1.82) is 0 Å². The fourth-order valence-electron chi connectivity index (χ4n) is 3.79. The number of hydrogen-bond acceptors (Lipinski definition) is 4. The molecule has 2 atom stereocenters. The minimum Gasteiger partial charge on any atom is -0.497 e. The highest BCUT2D eigenvalue weighted by Gasteiger charge is 2.46. The van der Waals surface area contributed by atoms with E-state index < -0.39 is 24.2 Å². The Hall–Kier alpha value is -3.49. The van der Waals surface area contributed by atoms with E-state index in [0.29, 0.717) is 24.3 Å². The first kappa shape index (κ1) is 21.7. The highest BCUT2D eigenvalue weighted by atomic mass is 19.4. The third-order valence-electron chi connectivity index (χ3n) is 5.48. The minimum atomic E-state index is -4.51. The van der Waals surface area contributed by atoms with Crippen LogP contribution in [0.1, 0.15) is 40.1 Å². The molecule has 4 rings (SSSR count). The summed E-state index contributed by atoms with van der Waals surface area (Å²) in [7, 11) is 1.53. The van der Waals surface area contributed by atoms with Gasteiger partial charge in [-0.25, -0.2) is 4.68 Å². The molecule has 1 amide bonds. The molecule has 32 heavy (non-hydrogen) atoms. The Morgan fingerprint density at radius 3 is 2.56 bits per heavy atom. The number of rotatable bonds is 6. The molecule has 0 aliphatic carbocycles. The Morgan fingerprint density at radius 1 is 1.19 bits per heavy atom. The number of carbonyl (C=O) groups excluding carboxylic acids is 1. The lowest BCUT2D eigenvalue weighted by Gasteiger charge is -2.33. The molecular weight excluding hydrogens is 421 g/mol. The average Bonchev–Trinajstić information content (AvgIpc) is 3.23. The first-order chi connectivity index (χ1) is 15.3. The molecule has 6 nitrogen and oxygen atoms in total. The number of anilines is 1. The molecule has 0 saturated heterocycles. The van der Waals surface area contributed by atoms with E-state index in [1.807, 2.05) is 30.3 Å². The van der Waals surface area contributed by atoms with Crippen LogP contribution in [0.2, 0.25) is 0 Å². The number of hydrogen-bond donors (Lipinski definition) is 2. The van der Waals surface area contributed by atoms with Crippen LogP contribution in [0, 0.1) is 0 Å². The number of alkyl halides is 3. The summed E-state index contributed by atoms with van der Waals surface area (Å²) in [6.07, 6.45) is -4.13. The van der Waals surface area contributed by atoms with Crippen LogP contribution in [0.3, 0.4) is 0 Å². The van der Waals surface area contributed by atoms with Crippen molar-refractivity contribution in [2.75, 3.05) is 19.0 Å². The number of aromatic nitrogens is 2. The van der Waals surface area contributed by atoms with E-state index in [0.717, 1.165) is 10.2 Å². The summed E-state index contributed by atoms with van der Waals surface area (Å²) in [4.78, 5) is 12.5. The molecule has 2 heterocycles. The highest BCUT2D eigenvalue weighted by molar-refractivity contribution is 5.93. The maximum Gasteiger partial charge on any atom is 0.410 e. The first-order valence-electron chi connectivity index (χ1n) is 10.2. The van der Waals surface area contributed by atoms with Gasteiger partial charge in [-0.3, -0.25) is 4.79 Å². The second kappa shape index (κ2) is 8.94. The summed E-state index contributed by atoms with van der Waals surface area (Å²) >= 11 is 0. The third kappa shape index (κ3) is 4.71. The van der Waals surface area contributed by atoms with Crippen LogP contribution in [-0.2, 0) is 6.42 Å². The first-order valence-corrected chi connectivity index (χ1v) is 10.2. The zero-order valence-corrected chi connectivity index (χ0v) is 17.4. The van der Waals surface area contributed by atoms with E-state index in [4.69, 9.17) is 4.74 Å². The predicted molar refractivity (Wildman–Crippen MR) is 114 cm³/mol. The van der Waals surface area contributed by atoms with Crippen LogP contribution in [0.25, 0.3) is 0 Å². The van der Waals surface area contributed by atoms with Crippen molar-refractivity contribution in [3.05, 3.63) is 77.5 Å². The smallest absolute Gasteiger partial charge is 0.410 e. The van der Waals surface area contributed by atoms with Gasteiger partial charge >= 0.3 is 6.18 Å². The second-order valence-corrected chi connectivity index (χ2v) is 7.61. The molecule has 3 aromatic rings. The summed E-state index contributed by atoms with van der Waals surface area (Å²) in [6, 6.07) is 15.4. The van der Waals surface area contributed by atoms with Crippen molar-refractivity contribution in [3.8, 4) is 5.75 Å². The van der Waals surface area contributed by atoms with Crippen molar-refractivity contribution >= 4 is 11.7 Å². The van der Waals surface area contributed by atoms with Crippen molar-refractivity contribution in [1.82, 2.24) is 15.1 Å². The molecule has 168 valence electrons. The predicted octanol–water partition coefficient (Wildman–Crippen LogP) is 4.52. The molecule has 0 spiro atoms.